The second-order valence-corrected chi connectivity index (χ2v) is 2.41. The van der Waals surface area contributed by atoms with Crippen molar-refractivity contribution in [3.63, 3.8) is 0 Å². The largest absolute Gasteiger partial charge is 0.295 e. The van der Waals surface area contributed by atoms with Gasteiger partial charge in [0.25, 0.3) is 0 Å². The van der Waals surface area contributed by atoms with Gasteiger partial charge < -0.3 is 0 Å². The predicted octanol–water partition coefficient (Wildman–Crippen LogP) is 2.02. The molecule has 0 amide bonds. The molecule has 0 atom stereocenters. The Kier molecular flexibility index (Phi) is 1.86. The number of Topliss-reactive ketones (excluding diaryl/α,β-unsaturated/α-hetero) is 1. The first-order valence-corrected chi connectivity index (χ1v) is 3.27. The van der Waals surface area contributed by atoms with Gasteiger partial charge in [-0.1, -0.05) is 30.4 Å². The Balaban J connectivity index is 2.77. The van der Waals surface area contributed by atoms with Crippen molar-refractivity contribution in [2.24, 2.45) is 0 Å². The highest BCUT2D eigenvalue weighted by molar-refractivity contribution is 5.96. The minimum Gasteiger partial charge on any atom is -0.295 e. The molecule has 0 saturated carbocycles. The van der Waals surface area contributed by atoms with Crippen LogP contribution >= 0.6 is 0 Å². The summed E-state index contributed by atoms with van der Waals surface area (Å²) in [6.45, 7) is 5.34. The number of carbonyl (C=O) groups is 1. The number of allylic oxidation sites excluding steroid dienone is 5. The number of ketones is 1. The Morgan fingerprint density at radius 1 is 1.60 bits per heavy atom. The van der Waals surface area contributed by atoms with Gasteiger partial charge in [0.1, 0.15) is 0 Å². The first kappa shape index (κ1) is 7.00. The van der Waals surface area contributed by atoms with Gasteiger partial charge in [-0.15, -0.1) is 0 Å². The second-order valence-electron chi connectivity index (χ2n) is 2.41. The normalized spacial score (nSPS) is 16.9. The molecule has 0 aliphatic heterocycles. The highest BCUT2D eigenvalue weighted by Gasteiger charge is 2.02. The molecular weight excluding hydrogens is 124 g/mol. The van der Waals surface area contributed by atoms with Gasteiger partial charge >= 0.3 is 0 Å². The molecule has 0 unspecified atom stereocenters. The average Bonchev–Trinajstić information content (AvgIpc) is 1.88. The van der Waals surface area contributed by atoms with Crippen LogP contribution in [0.25, 0.3) is 0 Å². The fraction of sp³-hybridized carbons (Fsp3) is 0.222. The van der Waals surface area contributed by atoms with Gasteiger partial charge in [0.15, 0.2) is 5.78 Å². The molecule has 0 spiro atoms. The third-order valence-corrected chi connectivity index (χ3v) is 1.49. The van der Waals surface area contributed by atoms with E-state index in [1.165, 1.54) is 0 Å². The van der Waals surface area contributed by atoms with Crippen molar-refractivity contribution >= 4 is 5.78 Å². The highest BCUT2D eigenvalue weighted by Crippen LogP contribution is 2.13. The molecule has 0 fully saturated rings. The molecule has 1 aliphatic carbocycles. The molecule has 0 aromatic heterocycles. The monoisotopic (exact) mass is 134 g/mol. The summed E-state index contributed by atoms with van der Waals surface area (Å²) in [5.41, 5.74) is 1.86. The fourth-order valence-electron chi connectivity index (χ4n) is 0.846. The lowest BCUT2D eigenvalue weighted by Crippen LogP contribution is -1.96. The molecule has 1 heteroatoms. The van der Waals surface area contributed by atoms with Gasteiger partial charge in [-0.2, -0.15) is 0 Å². The van der Waals surface area contributed by atoms with E-state index in [0.29, 0.717) is 0 Å². The minimum atomic E-state index is 0.128. The van der Waals surface area contributed by atoms with E-state index >= 15 is 0 Å². The number of hydrogen-bond acceptors (Lipinski definition) is 1. The molecular formula is C9H10O. The third kappa shape index (κ3) is 1.44. The predicted molar refractivity (Wildman–Crippen MR) is 41.7 cm³/mol. The summed E-state index contributed by atoms with van der Waals surface area (Å²) in [6, 6.07) is 0. The lowest BCUT2D eigenvalue weighted by molar-refractivity contribution is -0.113. The van der Waals surface area contributed by atoms with E-state index < -0.39 is 0 Å². The lowest BCUT2D eigenvalue weighted by atomic mass is 10.0. The van der Waals surface area contributed by atoms with Crippen molar-refractivity contribution in [2.45, 2.75) is 13.3 Å². The van der Waals surface area contributed by atoms with Gasteiger partial charge in [0, 0.05) is 5.57 Å². The molecule has 0 heterocycles. The highest BCUT2D eigenvalue weighted by atomic mass is 16.1. The van der Waals surface area contributed by atoms with Crippen molar-refractivity contribution in [2.75, 3.05) is 0 Å². The van der Waals surface area contributed by atoms with Gasteiger partial charge in [-0.05, 0) is 13.3 Å². The zero-order chi connectivity index (χ0) is 7.56. The summed E-state index contributed by atoms with van der Waals surface area (Å²) < 4.78 is 0. The molecule has 52 valence electrons. The van der Waals surface area contributed by atoms with Crippen LogP contribution in [-0.4, -0.2) is 5.78 Å². The van der Waals surface area contributed by atoms with E-state index in [-0.39, 0.29) is 5.78 Å². The van der Waals surface area contributed by atoms with Crippen molar-refractivity contribution in [3.05, 3.63) is 36.0 Å². The summed E-state index contributed by atoms with van der Waals surface area (Å²) in [5.74, 6) is 0.128. The maximum atomic E-state index is 10.8. The summed E-state index contributed by atoms with van der Waals surface area (Å²) in [4.78, 5) is 10.8. The first-order valence-electron chi connectivity index (χ1n) is 3.27. The molecule has 0 saturated heterocycles. The van der Waals surface area contributed by atoms with Crippen molar-refractivity contribution in [1.82, 2.24) is 0 Å². The quantitative estimate of drug-likeness (QED) is 0.536. The Hall–Kier alpha value is -1.11. The van der Waals surface area contributed by atoms with E-state index in [0.717, 1.165) is 17.6 Å². The maximum Gasteiger partial charge on any atom is 0.159 e. The zero-order valence-corrected chi connectivity index (χ0v) is 6.05. The van der Waals surface area contributed by atoms with E-state index in [1.54, 1.807) is 6.92 Å². The number of hydrogen-bond donors (Lipinski definition) is 0. The zero-order valence-electron chi connectivity index (χ0n) is 6.05. The molecule has 0 aromatic carbocycles. The Morgan fingerprint density at radius 2 is 2.30 bits per heavy atom. The van der Waals surface area contributed by atoms with E-state index in [2.05, 4.69) is 6.58 Å². The summed E-state index contributed by atoms with van der Waals surface area (Å²) in [7, 11) is 0. The molecule has 0 radical (unpaired) electrons. The molecule has 1 nitrogen and oxygen atoms in total. The number of rotatable bonds is 1. The number of carbonyl (C=O) groups excluding carboxylic acids is 1. The maximum absolute atomic E-state index is 10.8. The van der Waals surface area contributed by atoms with Gasteiger partial charge in [-0.25, -0.2) is 0 Å². The van der Waals surface area contributed by atoms with Crippen molar-refractivity contribution in [1.29, 1.82) is 0 Å². The van der Waals surface area contributed by atoms with Crippen LogP contribution in [0.3, 0.4) is 0 Å². The minimum absolute atomic E-state index is 0.128. The summed E-state index contributed by atoms with van der Waals surface area (Å²) >= 11 is 0. The second kappa shape index (κ2) is 2.65. The molecule has 1 rings (SSSR count). The first-order chi connectivity index (χ1) is 4.70. The molecule has 0 bridgehead atoms. The van der Waals surface area contributed by atoms with Crippen LogP contribution in [0.2, 0.25) is 0 Å². The fourth-order valence-corrected chi connectivity index (χ4v) is 0.846. The van der Waals surface area contributed by atoms with Crippen LogP contribution in [-0.2, 0) is 4.79 Å². The summed E-state index contributed by atoms with van der Waals surface area (Å²) in [5, 5.41) is 0. The van der Waals surface area contributed by atoms with Crippen LogP contribution in [0, 0.1) is 0 Å². The smallest absolute Gasteiger partial charge is 0.159 e. The summed E-state index contributed by atoms with van der Waals surface area (Å²) in [6.07, 6.45) is 6.42. The van der Waals surface area contributed by atoms with E-state index in [1.807, 2.05) is 18.2 Å². The van der Waals surface area contributed by atoms with Gasteiger partial charge in [0.05, 0.1) is 0 Å². The topological polar surface area (TPSA) is 17.1 Å². The Labute approximate surface area is 60.7 Å². The van der Waals surface area contributed by atoms with E-state index in [9.17, 15) is 4.79 Å². The SMILES string of the molecule is C=C1C=CC(C(C)=O)=CC1. The molecule has 0 aromatic rings. The molecule has 1 aliphatic rings. The van der Waals surface area contributed by atoms with Crippen LogP contribution in [0.1, 0.15) is 13.3 Å². The van der Waals surface area contributed by atoms with Gasteiger partial charge in [0.2, 0.25) is 0 Å². The lowest BCUT2D eigenvalue weighted by Gasteiger charge is -2.03. The van der Waals surface area contributed by atoms with Crippen molar-refractivity contribution < 1.29 is 4.79 Å². The molecule has 10 heavy (non-hydrogen) atoms. The van der Waals surface area contributed by atoms with Crippen molar-refractivity contribution in [3.8, 4) is 0 Å². The van der Waals surface area contributed by atoms with E-state index in [4.69, 9.17) is 0 Å². The molecule has 0 N–H and O–H groups in total. The van der Waals surface area contributed by atoms with Gasteiger partial charge in [-0.3, -0.25) is 4.79 Å². The Bertz CT molecular complexity index is 231. The van der Waals surface area contributed by atoms with Crippen LogP contribution in [0.4, 0.5) is 0 Å². The van der Waals surface area contributed by atoms with Crippen LogP contribution in [0.15, 0.2) is 36.0 Å². The van der Waals surface area contributed by atoms with Crippen LogP contribution in [0.5, 0.6) is 0 Å². The Morgan fingerprint density at radius 3 is 2.70 bits per heavy atom. The average molecular weight is 134 g/mol. The third-order valence-electron chi connectivity index (χ3n) is 1.49. The standard InChI is InChI=1S/C9H10O/c1-7-3-5-9(6-4-7)8(2)10/h3,5-6H,1,4H2,2H3. The van der Waals surface area contributed by atoms with Crippen LogP contribution < -0.4 is 0 Å².